The van der Waals surface area contributed by atoms with E-state index in [4.69, 9.17) is 4.74 Å². The first-order chi connectivity index (χ1) is 17.3. The maximum Gasteiger partial charge on any atom is 0.331 e. The van der Waals surface area contributed by atoms with Gasteiger partial charge in [-0.2, -0.15) is 22.3 Å². The molecular weight excluding hydrogens is 528 g/mol. The van der Waals surface area contributed by atoms with Crippen molar-refractivity contribution in [2.75, 3.05) is 31.2 Å². The van der Waals surface area contributed by atoms with Gasteiger partial charge in [-0.15, -0.1) is 5.11 Å². The highest BCUT2D eigenvalue weighted by molar-refractivity contribution is 7.87. The fraction of sp³-hybridized carbons (Fsp3) is 0.381. The summed E-state index contributed by atoms with van der Waals surface area (Å²) in [4.78, 5) is 21.9. The molecule has 0 radical (unpaired) electrons. The average molecular weight is 550 g/mol. The van der Waals surface area contributed by atoms with Crippen LogP contribution in [0.5, 0.6) is 0 Å². The third kappa shape index (κ3) is 8.45. The topological polar surface area (TPSA) is 141 Å². The molecule has 11 nitrogen and oxygen atoms in total. The standard InChI is InChI=1S/C21H22F4N4O7S/c1-3-28(10-11-35-14(2)30)16-6-4-15(5-7-16)26-27-18-9-8-17(29(31)32)12-19(18)37(33,34)36-13-21(24,25)20(22)23/h4-9,12,20H,3,10-11,13H2,1-2H3. The predicted molar refractivity (Wildman–Crippen MR) is 122 cm³/mol. The molecule has 202 valence electrons. The van der Waals surface area contributed by atoms with Crippen LogP contribution in [0.3, 0.4) is 0 Å². The first-order valence-corrected chi connectivity index (χ1v) is 11.9. The third-order valence-electron chi connectivity index (χ3n) is 4.69. The molecule has 0 heterocycles. The van der Waals surface area contributed by atoms with Gasteiger partial charge in [-0.3, -0.25) is 19.1 Å². The van der Waals surface area contributed by atoms with Crippen molar-refractivity contribution in [1.82, 2.24) is 0 Å². The van der Waals surface area contributed by atoms with Crippen molar-refractivity contribution in [3.63, 3.8) is 0 Å². The van der Waals surface area contributed by atoms with E-state index in [-0.39, 0.29) is 12.3 Å². The molecule has 0 aliphatic carbocycles. The highest BCUT2D eigenvalue weighted by Crippen LogP contribution is 2.33. The van der Waals surface area contributed by atoms with Crippen molar-refractivity contribution in [3.8, 4) is 0 Å². The van der Waals surface area contributed by atoms with Crippen molar-refractivity contribution in [2.24, 2.45) is 10.2 Å². The highest BCUT2D eigenvalue weighted by atomic mass is 32.2. The number of carbonyl (C=O) groups is 1. The number of non-ortho nitro benzene ring substituents is 1. The maximum absolute atomic E-state index is 13.2. The first kappa shape index (κ1) is 29.6. The molecule has 16 heteroatoms. The molecular formula is C21H22F4N4O7S. The fourth-order valence-corrected chi connectivity index (χ4v) is 3.86. The number of alkyl halides is 4. The molecule has 0 N–H and O–H groups in total. The minimum atomic E-state index is -5.17. The van der Waals surface area contributed by atoms with Crippen LogP contribution in [-0.2, 0) is 23.8 Å². The Hall–Kier alpha value is -3.66. The lowest BCUT2D eigenvalue weighted by molar-refractivity contribution is -0.385. The summed E-state index contributed by atoms with van der Waals surface area (Å²) in [7, 11) is -5.17. The van der Waals surface area contributed by atoms with Gasteiger partial charge in [-0.1, -0.05) is 0 Å². The van der Waals surface area contributed by atoms with Crippen LogP contribution in [0.1, 0.15) is 13.8 Å². The molecule has 2 aromatic carbocycles. The molecule has 0 aliphatic rings. The largest absolute Gasteiger partial charge is 0.464 e. The number of nitro groups is 1. The summed E-state index contributed by atoms with van der Waals surface area (Å²) in [6.07, 6.45) is -4.19. The maximum atomic E-state index is 13.2. The van der Waals surface area contributed by atoms with E-state index in [1.165, 1.54) is 19.1 Å². The summed E-state index contributed by atoms with van der Waals surface area (Å²) in [6, 6.07) is 8.65. The zero-order valence-corrected chi connectivity index (χ0v) is 20.3. The number of hydrogen-bond acceptors (Lipinski definition) is 10. The highest BCUT2D eigenvalue weighted by Gasteiger charge is 2.43. The summed E-state index contributed by atoms with van der Waals surface area (Å²) in [5.41, 5.74) is -0.265. The number of ether oxygens (including phenoxy) is 1. The SMILES string of the molecule is CCN(CCOC(C)=O)c1ccc(N=Nc2ccc([N+](=O)[O-])cc2S(=O)(=O)OCC(F)(F)C(F)F)cc1. The second-order valence-corrected chi connectivity index (χ2v) is 8.91. The Bertz CT molecular complexity index is 1240. The summed E-state index contributed by atoms with van der Waals surface area (Å²) in [5, 5.41) is 18.6. The van der Waals surface area contributed by atoms with Crippen molar-refractivity contribution >= 4 is 38.8 Å². The van der Waals surface area contributed by atoms with E-state index in [9.17, 15) is 40.9 Å². The van der Waals surface area contributed by atoms with Crippen LogP contribution in [0.4, 0.5) is 40.3 Å². The first-order valence-electron chi connectivity index (χ1n) is 10.5. The van der Waals surface area contributed by atoms with E-state index in [1.54, 1.807) is 12.1 Å². The lowest BCUT2D eigenvalue weighted by atomic mass is 10.2. The van der Waals surface area contributed by atoms with Crippen LogP contribution >= 0.6 is 0 Å². The molecule has 0 bridgehead atoms. The van der Waals surface area contributed by atoms with Gasteiger partial charge in [0, 0.05) is 31.3 Å². The second kappa shape index (κ2) is 12.5. The molecule has 0 aliphatic heterocycles. The number of halogens is 4. The summed E-state index contributed by atoms with van der Waals surface area (Å²) in [5.74, 6) is -5.19. The molecule has 0 spiro atoms. The average Bonchev–Trinajstić information content (AvgIpc) is 2.84. The summed E-state index contributed by atoms with van der Waals surface area (Å²) in [6.45, 7) is 2.19. The number of benzene rings is 2. The number of nitro benzene ring substituents is 1. The third-order valence-corrected chi connectivity index (χ3v) is 5.98. The van der Waals surface area contributed by atoms with Crippen LogP contribution in [0.2, 0.25) is 0 Å². The molecule has 0 saturated carbocycles. The Labute approximate surface area is 209 Å². The molecule has 0 aromatic heterocycles. The molecule has 0 amide bonds. The minimum absolute atomic E-state index is 0.174. The predicted octanol–water partition coefficient (Wildman–Crippen LogP) is 5.01. The van der Waals surface area contributed by atoms with E-state index in [0.717, 1.165) is 17.8 Å². The quantitative estimate of drug-likeness (QED) is 0.0847. The lowest BCUT2D eigenvalue weighted by Crippen LogP contribution is -2.33. The van der Waals surface area contributed by atoms with Gasteiger partial charge in [0.1, 0.15) is 23.8 Å². The Morgan fingerprint density at radius 2 is 1.81 bits per heavy atom. The van der Waals surface area contributed by atoms with Crippen LogP contribution in [0.15, 0.2) is 57.6 Å². The number of rotatable bonds is 13. The smallest absolute Gasteiger partial charge is 0.331 e. The number of carbonyl (C=O) groups excluding carboxylic acids is 1. The van der Waals surface area contributed by atoms with Gasteiger partial charge >= 0.3 is 18.3 Å². The van der Waals surface area contributed by atoms with Gasteiger partial charge in [0.2, 0.25) is 0 Å². The van der Waals surface area contributed by atoms with Crippen molar-refractivity contribution in [3.05, 3.63) is 52.6 Å². The lowest BCUT2D eigenvalue weighted by Gasteiger charge is -2.22. The van der Waals surface area contributed by atoms with E-state index >= 15 is 0 Å². The summed E-state index contributed by atoms with van der Waals surface area (Å²) < 4.78 is 84.9. The Morgan fingerprint density at radius 3 is 2.35 bits per heavy atom. The van der Waals surface area contributed by atoms with Gasteiger partial charge in [-0.05, 0) is 37.3 Å². The Morgan fingerprint density at radius 1 is 1.16 bits per heavy atom. The number of anilines is 1. The van der Waals surface area contributed by atoms with Crippen LogP contribution in [0, 0.1) is 10.1 Å². The molecule has 2 aromatic rings. The van der Waals surface area contributed by atoms with E-state index in [1.807, 2.05) is 11.8 Å². The van der Waals surface area contributed by atoms with Crippen LogP contribution in [0.25, 0.3) is 0 Å². The zero-order chi connectivity index (χ0) is 27.8. The van der Waals surface area contributed by atoms with Gasteiger partial charge in [-0.25, -0.2) is 8.78 Å². The van der Waals surface area contributed by atoms with Crippen molar-refractivity contribution < 1.29 is 44.6 Å². The minimum Gasteiger partial charge on any atom is -0.464 e. The Balaban J connectivity index is 2.30. The molecule has 0 saturated heterocycles. The molecule has 0 unspecified atom stereocenters. The molecule has 37 heavy (non-hydrogen) atoms. The number of likely N-dealkylation sites (N-methyl/N-ethyl adjacent to an activating group) is 1. The molecule has 0 fully saturated rings. The molecule has 2 rings (SSSR count). The van der Waals surface area contributed by atoms with Crippen molar-refractivity contribution in [2.45, 2.75) is 31.1 Å². The second-order valence-electron chi connectivity index (χ2n) is 7.32. The van der Waals surface area contributed by atoms with Gasteiger partial charge < -0.3 is 9.64 Å². The van der Waals surface area contributed by atoms with Gasteiger partial charge in [0.05, 0.1) is 17.2 Å². The zero-order valence-electron chi connectivity index (χ0n) is 19.5. The van der Waals surface area contributed by atoms with Crippen LogP contribution in [-0.4, -0.2) is 58.0 Å². The van der Waals surface area contributed by atoms with E-state index < -0.39 is 56.2 Å². The number of hydrogen-bond donors (Lipinski definition) is 0. The number of nitrogens with zero attached hydrogens (tertiary/aromatic N) is 4. The van der Waals surface area contributed by atoms with Gasteiger partial charge in [0.25, 0.3) is 15.8 Å². The molecule has 0 atom stereocenters. The normalized spacial score (nSPS) is 12.2. The number of azo groups is 1. The Kier molecular flexibility index (Phi) is 10.0. The van der Waals surface area contributed by atoms with Gasteiger partial charge in [0.15, 0.2) is 0 Å². The number of esters is 1. The van der Waals surface area contributed by atoms with E-state index in [0.29, 0.717) is 19.2 Å². The van der Waals surface area contributed by atoms with Crippen molar-refractivity contribution in [1.29, 1.82) is 0 Å². The van der Waals surface area contributed by atoms with Crippen LogP contribution < -0.4 is 4.90 Å². The summed E-state index contributed by atoms with van der Waals surface area (Å²) >= 11 is 0. The van der Waals surface area contributed by atoms with E-state index in [2.05, 4.69) is 14.4 Å². The fourth-order valence-electron chi connectivity index (χ4n) is 2.79. The monoisotopic (exact) mass is 550 g/mol.